The lowest BCUT2D eigenvalue weighted by molar-refractivity contribution is -0.119. The number of halogens is 1. The first-order valence-electron chi connectivity index (χ1n) is 10.2. The number of pyridine rings is 2. The van der Waals surface area contributed by atoms with E-state index in [9.17, 15) is 4.79 Å². The molecule has 0 unspecified atom stereocenters. The van der Waals surface area contributed by atoms with Crippen LogP contribution in [0.25, 0.3) is 11.1 Å². The number of carbonyl (C=O) groups is 1. The lowest BCUT2D eigenvalue weighted by atomic mass is 9.75. The van der Waals surface area contributed by atoms with E-state index in [1.165, 1.54) is 18.4 Å². The summed E-state index contributed by atoms with van der Waals surface area (Å²) in [4.78, 5) is 21.6. The van der Waals surface area contributed by atoms with Crippen molar-refractivity contribution in [2.24, 2.45) is 0 Å². The van der Waals surface area contributed by atoms with Crippen LogP contribution in [0.3, 0.4) is 0 Å². The molecular weight excluding hydrogens is 424 g/mol. The largest absolute Gasteiger partial charge is 0.299 e. The summed E-state index contributed by atoms with van der Waals surface area (Å²) in [6, 6.07) is 14.6. The first kappa shape index (κ1) is 20.0. The Labute approximate surface area is 180 Å². The molecule has 2 aromatic heterocycles. The first-order valence-corrected chi connectivity index (χ1v) is 11.0. The van der Waals surface area contributed by atoms with Gasteiger partial charge in [-0.1, -0.05) is 37.1 Å². The smallest absolute Gasteiger partial charge is 0.138 e. The summed E-state index contributed by atoms with van der Waals surface area (Å²) in [5.41, 5.74) is 5.53. The summed E-state index contributed by atoms with van der Waals surface area (Å²) in [6.07, 6.45) is 11.2. The molecule has 3 aromatic rings. The minimum absolute atomic E-state index is 0.0532. The van der Waals surface area contributed by atoms with E-state index in [-0.39, 0.29) is 5.41 Å². The van der Waals surface area contributed by atoms with Crippen LogP contribution in [-0.4, -0.2) is 15.8 Å². The van der Waals surface area contributed by atoms with Gasteiger partial charge in [0.1, 0.15) is 5.78 Å². The lowest BCUT2D eigenvalue weighted by Crippen LogP contribution is -2.27. The lowest BCUT2D eigenvalue weighted by Gasteiger charge is -2.29. The maximum absolute atomic E-state index is 13.0. The van der Waals surface area contributed by atoms with Gasteiger partial charge in [0, 0.05) is 47.0 Å². The third-order valence-electron chi connectivity index (χ3n) is 6.00. The molecule has 0 atom stereocenters. The van der Waals surface area contributed by atoms with Crippen molar-refractivity contribution in [2.45, 2.75) is 50.9 Å². The van der Waals surface area contributed by atoms with Crippen molar-refractivity contribution >= 4 is 21.7 Å². The first-order chi connectivity index (χ1) is 14.0. The summed E-state index contributed by atoms with van der Waals surface area (Å²) in [5, 5.41) is 0. The fraction of sp³-hybridized carbons (Fsp3) is 0.320. The Morgan fingerprint density at radius 1 is 1.03 bits per heavy atom. The Bertz CT molecular complexity index is 1010. The molecule has 148 valence electrons. The average Bonchev–Trinajstić information content (AvgIpc) is 3.18. The molecule has 1 aliphatic rings. The van der Waals surface area contributed by atoms with Crippen LogP contribution in [0.1, 0.15) is 48.9 Å². The van der Waals surface area contributed by atoms with Crippen LogP contribution in [-0.2, 0) is 16.6 Å². The molecule has 1 aliphatic carbocycles. The number of aryl methyl sites for hydroxylation is 1. The van der Waals surface area contributed by atoms with Gasteiger partial charge in [0.05, 0.1) is 0 Å². The van der Waals surface area contributed by atoms with Gasteiger partial charge in [-0.2, -0.15) is 0 Å². The molecule has 4 heteroatoms. The number of ketones is 1. The molecule has 3 nitrogen and oxygen atoms in total. The normalized spacial score (nSPS) is 15.4. The monoisotopic (exact) mass is 448 g/mol. The highest BCUT2D eigenvalue weighted by Crippen LogP contribution is 2.44. The third-order valence-corrected chi connectivity index (χ3v) is 6.43. The van der Waals surface area contributed by atoms with Crippen LogP contribution < -0.4 is 0 Å². The van der Waals surface area contributed by atoms with Crippen molar-refractivity contribution in [1.82, 2.24) is 9.97 Å². The number of carbonyl (C=O) groups excluding carboxylic acids is 1. The number of hydrogen-bond acceptors (Lipinski definition) is 3. The molecular formula is C25H25BrN2O. The van der Waals surface area contributed by atoms with Gasteiger partial charge in [-0.15, -0.1) is 0 Å². The van der Waals surface area contributed by atoms with Gasteiger partial charge < -0.3 is 0 Å². The van der Waals surface area contributed by atoms with Crippen LogP contribution in [0.4, 0.5) is 0 Å². The zero-order valence-electron chi connectivity index (χ0n) is 16.7. The molecule has 4 rings (SSSR count). The Morgan fingerprint density at radius 3 is 2.48 bits per heavy atom. The molecule has 1 saturated carbocycles. The SMILES string of the molecule is Cc1cc(-c2ccc(CC(=O)CC3(c4cncc(Br)c4)CCCC3)cc2)ccn1. The Kier molecular flexibility index (Phi) is 5.91. The summed E-state index contributed by atoms with van der Waals surface area (Å²) in [5.74, 6) is 0.305. The zero-order valence-corrected chi connectivity index (χ0v) is 18.3. The van der Waals surface area contributed by atoms with Crippen LogP contribution in [0.2, 0.25) is 0 Å². The van der Waals surface area contributed by atoms with Crippen molar-refractivity contribution in [1.29, 1.82) is 0 Å². The van der Waals surface area contributed by atoms with Gasteiger partial charge in [0.2, 0.25) is 0 Å². The van der Waals surface area contributed by atoms with Crippen LogP contribution in [0.5, 0.6) is 0 Å². The Morgan fingerprint density at radius 2 is 1.79 bits per heavy atom. The molecule has 0 aliphatic heterocycles. The second kappa shape index (κ2) is 8.58. The predicted octanol–water partition coefficient (Wildman–Crippen LogP) is 6.23. The predicted molar refractivity (Wildman–Crippen MR) is 120 cm³/mol. The summed E-state index contributed by atoms with van der Waals surface area (Å²) < 4.78 is 0.982. The molecule has 0 spiro atoms. The van der Waals surface area contributed by atoms with Gasteiger partial charge in [0.25, 0.3) is 0 Å². The number of benzene rings is 1. The highest BCUT2D eigenvalue weighted by molar-refractivity contribution is 9.10. The molecule has 29 heavy (non-hydrogen) atoms. The maximum atomic E-state index is 13.0. The molecule has 0 saturated heterocycles. The van der Waals surface area contributed by atoms with Crippen molar-refractivity contribution in [3.8, 4) is 11.1 Å². The Hall–Kier alpha value is -2.33. The van der Waals surface area contributed by atoms with Crippen molar-refractivity contribution in [2.75, 3.05) is 0 Å². The zero-order chi connectivity index (χ0) is 20.3. The molecule has 0 bridgehead atoms. The quantitative estimate of drug-likeness (QED) is 0.448. The van der Waals surface area contributed by atoms with E-state index in [2.05, 4.69) is 62.3 Å². The van der Waals surface area contributed by atoms with Gasteiger partial charge in [-0.05, 0) is 76.1 Å². The van der Waals surface area contributed by atoms with Crippen molar-refractivity contribution < 1.29 is 4.79 Å². The fourth-order valence-corrected chi connectivity index (χ4v) is 4.89. The molecule has 2 heterocycles. The van der Waals surface area contributed by atoms with Crippen molar-refractivity contribution in [3.05, 3.63) is 82.3 Å². The molecule has 0 amide bonds. The van der Waals surface area contributed by atoms with Crippen LogP contribution in [0.15, 0.2) is 65.5 Å². The van der Waals surface area contributed by atoms with Gasteiger partial charge in [-0.3, -0.25) is 14.8 Å². The second-order valence-corrected chi connectivity index (χ2v) is 9.07. The minimum atomic E-state index is -0.0532. The molecule has 0 radical (unpaired) electrons. The standard InChI is InChI=1S/C25H25BrN2O/c1-18-12-21(8-11-28-18)20-6-4-19(5-7-20)13-24(29)15-25(9-2-3-10-25)22-14-23(26)17-27-16-22/h4-8,11-12,14,16-17H,2-3,9-10,13,15H2,1H3. The number of Topliss-reactive ketones (excluding diaryl/α,β-unsaturated/α-hetero) is 1. The van der Waals surface area contributed by atoms with Gasteiger partial charge in [-0.25, -0.2) is 0 Å². The summed E-state index contributed by atoms with van der Waals surface area (Å²) >= 11 is 3.53. The van der Waals surface area contributed by atoms with E-state index >= 15 is 0 Å². The van der Waals surface area contributed by atoms with E-state index in [1.807, 2.05) is 25.4 Å². The molecule has 0 N–H and O–H groups in total. The Balaban J connectivity index is 1.47. The number of nitrogens with zero attached hydrogens (tertiary/aromatic N) is 2. The van der Waals surface area contributed by atoms with E-state index < -0.39 is 0 Å². The highest BCUT2D eigenvalue weighted by atomic mass is 79.9. The fourth-order valence-electron chi connectivity index (χ4n) is 4.53. The molecule has 1 aromatic carbocycles. The number of aromatic nitrogens is 2. The van der Waals surface area contributed by atoms with E-state index in [4.69, 9.17) is 0 Å². The maximum Gasteiger partial charge on any atom is 0.138 e. The third kappa shape index (κ3) is 4.64. The second-order valence-electron chi connectivity index (χ2n) is 8.15. The average molecular weight is 449 g/mol. The topological polar surface area (TPSA) is 42.9 Å². The minimum Gasteiger partial charge on any atom is -0.299 e. The summed E-state index contributed by atoms with van der Waals surface area (Å²) in [6.45, 7) is 2.00. The van der Waals surface area contributed by atoms with Gasteiger partial charge >= 0.3 is 0 Å². The van der Waals surface area contributed by atoms with Crippen molar-refractivity contribution in [3.63, 3.8) is 0 Å². The van der Waals surface area contributed by atoms with E-state index in [1.54, 1.807) is 6.20 Å². The van der Waals surface area contributed by atoms with E-state index in [0.717, 1.165) is 39.7 Å². The summed E-state index contributed by atoms with van der Waals surface area (Å²) in [7, 11) is 0. The van der Waals surface area contributed by atoms with Gasteiger partial charge in [0.15, 0.2) is 0 Å². The van der Waals surface area contributed by atoms with Crippen LogP contribution >= 0.6 is 15.9 Å². The van der Waals surface area contributed by atoms with E-state index in [0.29, 0.717) is 18.6 Å². The van der Waals surface area contributed by atoms with Crippen LogP contribution in [0, 0.1) is 6.92 Å². The number of rotatable bonds is 6. The number of hydrogen-bond donors (Lipinski definition) is 0. The molecule has 1 fully saturated rings. The highest BCUT2D eigenvalue weighted by Gasteiger charge is 2.37.